The van der Waals surface area contributed by atoms with Crippen LogP contribution in [0.25, 0.3) is 6.08 Å². The van der Waals surface area contributed by atoms with Crippen LogP contribution in [0.1, 0.15) is 5.56 Å². The summed E-state index contributed by atoms with van der Waals surface area (Å²) in [7, 11) is 1.58. The van der Waals surface area contributed by atoms with E-state index in [2.05, 4.69) is 5.32 Å². The molecule has 1 aliphatic heterocycles. The van der Waals surface area contributed by atoms with Crippen LogP contribution in [0, 0.1) is 0 Å². The Morgan fingerprint density at radius 2 is 2.10 bits per heavy atom. The summed E-state index contributed by atoms with van der Waals surface area (Å²) >= 11 is 5.42. The van der Waals surface area contributed by atoms with Gasteiger partial charge in [0.1, 0.15) is 11.3 Å². The molecular formula is C12H9ClF3NO3. The van der Waals surface area contributed by atoms with E-state index in [1.165, 1.54) is 12.1 Å². The summed E-state index contributed by atoms with van der Waals surface area (Å²) in [6.45, 7) is 0. The summed E-state index contributed by atoms with van der Waals surface area (Å²) in [6, 6.07) is 4.33. The number of benzene rings is 1. The summed E-state index contributed by atoms with van der Waals surface area (Å²) in [5.74, 6) is -1.94. The van der Waals surface area contributed by atoms with Crippen LogP contribution in [0.2, 0.25) is 0 Å². The Hall–Kier alpha value is -1.89. The second kappa shape index (κ2) is 4.59. The van der Waals surface area contributed by atoms with Crippen molar-refractivity contribution in [2.24, 2.45) is 0 Å². The molecule has 108 valence electrons. The SMILES string of the molecule is CNc1ccc2c(c1)OC(Cl)(C(F)(F)F)C(C(=O)O)=C2. The number of ether oxygens (including phenoxy) is 1. The average molecular weight is 308 g/mol. The van der Waals surface area contributed by atoms with E-state index >= 15 is 0 Å². The third-order valence-corrected chi connectivity index (χ3v) is 3.29. The van der Waals surface area contributed by atoms with Crippen molar-refractivity contribution in [1.29, 1.82) is 0 Å². The molecule has 2 N–H and O–H groups in total. The number of fused-ring (bicyclic) bond motifs is 1. The van der Waals surface area contributed by atoms with Crippen molar-refractivity contribution < 1.29 is 27.8 Å². The topological polar surface area (TPSA) is 58.6 Å². The molecule has 4 nitrogen and oxygen atoms in total. The zero-order valence-electron chi connectivity index (χ0n) is 10.1. The number of nitrogens with one attached hydrogen (secondary N) is 1. The van der Waals surface area contributed by atoms with E-state index < -0.39 is 22.8 Å². The number of carboxylic acid groups (broad SMARTS) is 1. The number of hydrogen-bond donors (Lipinski definition) is 2. The van der Waals surface area contributed by atoms with E-state index in [-0.39, 0.29) is 11.3 Å². The highest BCUT2D eigenvalue weighted by Crippen LogP contribution is 2.48. The molecule has 0 saturated heterocycles. The molecular weight excluding hydrogens is 299 g/mol. The van der Waals surface area contributed by atoms with Gasteiger partial charge in [0.25, 0.3) is 0 Å². The van der Waals surface area contributed by atoms with Crippen molar-refractivity contribution in [2.75, 3.05) is 12.4 Å². The van der Waals surface area contributed by atoms with Gasteiger partial charge in [-0.05, 0) is 18.2 Å². The van der Waals surface area contributed by atoms with Gasteiger partial charge in [-0.15, -0.1) is 0 Å². The molecule has 0 fully saturated rings. The summed E-state index contributed by atoms with van der Waals surface area (Å²) in [6.07, 6.45) is -4.22. The highest BCUT2D eigenvalue weighted by molar-refractivity contribution is 6.29. The van der Waals surface area contributed by atoms with Crippen LogP contribution >= 0.6 is 11.6 Å². The smallest absolute Gasteiger partial charge is 0.448 e. The van der Waals surface area contributed by atoms with Gasteiger partial charge >= 0.3 is 17.2 Å². The van der Waals surface area contributed by atoms with Gasteiger partial charge in [-0.3, -0.25) is 0 Å². The number of halogens is 4. The molecule has 0 aliphatic carbocycles. The first kappa shape index (κ1) is 14.5. The Kier molecular flexibility index (Phi) is 3.33. The normalized spacial score (nSPS) is 21.6. The molecule has 0 aromatic heterocycles. The Balaban J connectivity index is 2.62. The number of rotatable bonds is 2. The molecule has 8 heteroatoms. The average Bonchev–Trinajstić information content (AvgIpc) is 2.35. The molecule has 1 aromatic rings. The van der Waals surface area contributed by atoms with Crippen molar-refractivity contribution in [3.05, 3.63) is 29.3 Å². The van der Waals surface area contributed by atoms with E-state index in [1.807, 2.05) is 0 Å². The van der Waals surface area contributed by atoms with E-state index in [1.54, 1.807) is 13.1 Å². The molecule has 1 unspecified atom stereocenters. The molecule has 0 radical (unpaired) electrons. The second-order valence-electron chi connectivity index (χ2n) is 4.06. The Bertz CT molecular complexity index is 600. The van der Waals surface area contributed by atoms with E-state index in [9.17, 15) is 18.0 Å². The first-order chi connectivity index (χ1) is 9.19. The maximum absolute atomic E-state index is 13.0. The van der Waals surface area contributed by atoms with Crippen LogP contribution in [0.4, 0.5) is 18.9 Å². The van der Waals surface area contributed by atoms with Crippen molar-refractivity contribution in [3.8, 4) is 5.75 Å². The van der Waals surface area contributed by atoms with Gasteiger partial charge in [-0.25, -0.2) is 4.79 Å². The lowest BCUT2D eigenvalue weighted by atomic mass is 10.0. The Morgan fingerprint density at radius 3 is 2.60 bits per heavy atom. The molecule has 0 spiro atoms. The van der Waals surface area contributed by atoms with Crippen LogP contribution in [0.3, 0.4) is 0 Å². The molecule has 0 bridgehead atoms. The number of carbonyl (C=O) groups is 1. The van der Waals surface area contributed by atoms with Gasteiger partial charge in [0.05, 0.1) is 0 Å². The fourth-order valence-electron chi connectivity index (χ4n) is 1.76. The predicted molar refractivity (Wildman–Crippen MR) is 66.9 cm³/mol. The summed E-state index contributed by atoms with van der Waals surface area (Å²) in [5.41, 5.74) is -0.351. The molecule has 0 amide bonds. The lowest BCUT2D eigenvalue weighted by molar-refractivity contribution is -0.204. The lowest BCUT2D eigenvalue weighted by Gasteiger charge is -2.34. The monoisotopic (exact) mass is 307 g/mol. The second-order valence-corrected chi connectivity index (χ2v) is 4.59. The van der Waals surface area contributed by atoms with Crippen molar-refractivity contribution in [1.82, 2.24) is 0 Å². The van der Waals surface area contributed by atoms with Crippen molar-refractivity contribution in [3.63, 3.8) is 0 Å². The molecule has 2 rings (SSSR count). The molecule has 1 atom stereocenters. The predicted octanol–water partition coefficient (Wildman–Crippen LogP) is 3.09. The molecule has 1 aromatic carbocycles. The maximum atomic E-state index is 13.0. The number of alkyl halides is 4. The number of hydrogen-bond acceptors (Lipinski definition) is 3. The Morgan fingerprint density at radius 1 is 1.45 bits per heavy atom. The number of carboxylic acids is 1. The highest BCUT2D eigenvalue weighted by Gasteiger charge is 2.62. The van der Waals surface area contributed by atoms with Crippen molar-refractivity contribution in [2.45, 2.75) is 11.2 Å². The van der Waals surface area contributed by atoms with Gasteiger partial charge in [0.2, 0.25) is 0 Å². The lowest BCUT2D eigenvalue weighted by Crippen LogP contribution is -2.50. The minimum atomic E-state index is -5.08. The third kappa shape index (κ3) is 2.18. The standard InChI is InChI=1S/C12H9ClF3NO3/c1-17-7-3-2-6-4-8(10(18)19)11(13,12(14,15)16)20-9(6)5-7/h2-5,17H,1H3,(H,18,19). The van der Waals surface area contributed by atoms with E-state index in [0.717, 1.165) is 6.08 Å². The fourth-order valence-corrected chi connectivity index (χ4v) is 1.98. The number of aliphatic carboxylic acids is 1. The van der Waals surface area contributed by atoms with Gasteiger partial charge < -0.3 is 15.2 Å². The fraction of sp³-hybridized carbons (Fsp3) is 0.250. The van der Waals surface area contributed by atoms with E-state index in [0.29, 0.717) is 5.69 Å². The highest BCUT2D eigenvalue weighted by atomic mass is 35.5. The molecule has 1 aliphatic rings. The van der Waals surface area contributed by atoms with Crippen LogP contribution in [-0.4, -0.2) is 29.4 Å². The van der Waals surface area contributed by atoms with Crippen LogP contribution < -0.4 is 10.1 Å². The van der Waals surface area contributed by atoms with Crippen LogP contribution in [0.5, 0.6) is 5.75 Å². The minimum Gasteiger partial charge on any atom is -0.478 e. The summed E-state index contributed by atoms with van der Waals surface area (Å²) < 4.78 is 43.9. The number of anilines is 1. The van der Waals surface area contributed by atoms with Crippen molar-refractivity contribution >= 4 is 29.3 Å². The summed E-state index contributed by atoms with van der Waals surface area (Å²) in [5, 5.41) is 8.25. The molecule has 1 heterocycles. The Labute approximate surface area is 116 Å². The van der Waals surface area contributed by atoms with Crippen LogP contribution in [-0.2, 0) is 4.79 Å². The minimum absolute atomic E-state index is 0.144. The van der Waals surface area contributed by atoms with Gasteiger partial charge in [0, 0.05) is 24.4 Å². The largest absolute Gasteiger partial charge is 0.478 e. The maximum Gasteiger partial charge on any atom is 0.448 e. The molecule has 0 saturated carbocycles. The molecule has 20 heavy (non-hydrogen) atoms. The van der Waals surface area contributed by atoms with E-state index in [4.69, 9.17) is 21.4 Å². The van der Waals surface area contributed by atoms with Crippen LogP contribution in [0.15, 0.2) is 23.8 Å². The first-order valence-electron chi connectivity index (χ1n) is 5.41. The first-order valence-corrected chi connectivity index (χ1v) is 5.79. The van der Waals surface area contributed by atoms with Gasteiger partial charge in [-0.1, -0.05) is 11.6 Å². The van der Waals surface area contributed by atoms with Gasteiger partial charge in [0.15, 0.2) is 0 Å². The zero-order valence-corrected chi connectivity index (χ0v) is 10.8. The van der Waals surface area contributed by atoms with Gasteiger partial charge in [-0.2, -0.15) is 13.2 Å². The zero-order chi connectivity index (χ0) is 15.1. The third-order valence-electron chi connectivity index (χ3n) is 2.79. The summed E-state index contributed by atoms with van der Waals surface area (Å²) in [4.78, 5) is 11.0. The quantitative estimate of drug-likeness (QED) is 0.824.